The molecule has 0 saturated heterocycles. The van der Waals surface area contributed by atoms with E-state index in [4.69, 9.17) is 0 Å². The fraction of sp³-hybridized carbons (Fsp3) is 0.357. The maximum Gasteiger partial charge on any atom is 0.283 e. The van der Waals surface area contributed by atoms with E-state index in [1.165, 1.54) is 24.2 Å². The Labute approximate surface area is 124 Å². The topological polar surface area (TPSA) is 61.0 Å². The van der Waals surface area contributed by atoms with Crippen LogP contribution in [0.2, 0.25) is 0 Å². The molecule has 0 atom stereocenters. The Morgan fingerprint density at radius 3 is 2.95 bits per heavy atom. The Hall–Kier alpha value is -1.69. The van der Waals surface area contributed by atoms with Gasteiger partial charge < -0.3 is 4.57 Å². The minimum absolute atomic E-state index is 0.108. The van der Waals surface area contributed by atoms with Crippen LogP contribution in [0.3, 0.4) is 0 Å². The molecule has 104 valence electrons. The Balaban J connectivity index is 1.90. The number of nitrogens with zero attached hydrogens (tertiary/aromatic N) is 3. The van der Waals surface area contributed by atoms with E-state index in [0.717, 1.165) is 18.4 Å². The minimum atomic E-state index is -0.364. The normalized spacial score (nSPS) is 14.1. The molecular weight excluding hydrogens is 322 g/mol. The van der Waals surface area contributed by atoms with E-state index in [2.05, 4.69) is 25.5 Å². The van der Waals surface area contributed by atoms with Crippen LogP contribution in [0.15, 0.2) is 29.0 Å². The van der Waals surface area contributed by atoms with Gasteiger partial charge in [0.05, 0.1) is 21.4 Å². The molecule has 0 saturated carbocycles. The maximum absolute atomic E-state index is 11.0. The van der Waals surface area contributed by atoms with Crippen molar-refractivity contribution in [3.63, 3.8) is 0 Å². The van der Waals surface area contributed by atoms with Gasteiger partial charge >= 0.3 is 0 Å². The molecule has 3 rings (SSSR count). The average Bonchev–Trinajstić information content (AvgIpc) is 2.84. The predicted molar refractivity (Wildman–Crippen MR) is 78.8 cm³/mol. The van der Waals surface area contributed by atoms with Gasteiger partial charge in [0, 0.05) is 18.3 Å². The van der Waals surface area contributed by atoms with Crippen molar-refractivity contribution in [2.45, 2.75) is 32.2 Å². The van der Waals surface area contributed by atoms with Crippen LogP contribution in [0.5, 0.6) is 0 Å². The lowest BCUT2D eigenvalue weighted by molar-refractivity contribution is -0.385. The van der Waals surface area contributed by atoms with Crippen LogP contribution in [0.1, 0.15) is 29.8 Å². The number of aromatic nitrogens is 2. The first-order chi connectivity index (χ1) is 9.65. The summed E-state index contributed by atoms with van der Waals surface area (Å²) < 4.78 is 2.63. The van der Waals surface area contributed by atoms with Gasteiger partial charge in [-0.3, -0.25) is 10.1 Å². The van der Waals surface area contributed by atoms with Crippen LogP contribution in [0.4, 0.5) is 5.69 Å². The van der Waals surface area contributed by atoms with Gasteiger partial charge in [-0.15, -0.1) is 0 Å². The summed E-state index contributed by atoms with van der Waals surface area (Å²) in [5, 5.41) is 11.0. The number of rotatable bonds is 3. The van der Waals surface area contributed by atoms with Crippen molar-refractivity contribution in [2.24, 2.45) is 0 Å². The van der Waals surface area contributed by atoms with E-state index in [1.807, 2.05) is 12.4 Å². The van der Waals surface area contributed by atoms with Gasteiger partial charge in [0.2, 0.25) is 0 Å². The molecule has 0 amide bonds. The SMILES string of the molecule is O=[N+]([O-])c1cc(Cn2cnc3c2CCCC3)ccc1Br. The summed E-state index contributed by atoms with van der Waals surface area (Å²) in [5.74, 6) is 0. The second-order valence-electron chi connectivity index (χ2n) is 5.02. The van der Waals surface area contributed by atoms with Crippen molar-refractivity contribution in [2.75, 3.05) is 0 Å². The highest BCUT2D eigenvalue weighted by molar-refractivity contribution is 9.10. The molecule has 2 aromatic rings. The molecule has 1 aliphatic carbocycles. The highest BCUT2D eigenvalue weighted by Gasteiger charge is 2.17. The van der Waals surface area contributed by atoms with Gasteiger partial charge in [-0.05, 0) is 53.2 Å². The highest BCUT2D eigenvalue weighted by atomic mass is 79.9. The number of benzene rings is 1. The van der Waals surface area contributed by atoms with E-state index in [-0.39, 0.29) is 10.6 Å². The molecule has 0 bridgehead atoms. The number of aryl methyl sites for hydroxylation is 1. The number of halogens is 1. The van der Waals surface area contributed by atoms with Gasteiger partial charge in [0.25, 0.3) is 5.69 Å². The third kappa shape index (κ3) is 2.47. The first-order valence-corrected chi connectivity index (χ1v) is 7.40. The number of nitro benzene ring substituents is 1. The van der Waals surface area contributed by atoms with E-state index in [1.54, 1.807) is 12.1 Å². The summed E-state index contributed by atoms with van der Waals surface area (Å²) in [6.07, 6.45) is 6.34. The Morgan fingerprint density at radius 1 is 1.35 bits per heavy atom. The van der Waals surface area contributed by atoms with Crippen molar-refractivity contribution in [1.29, 1.82) is 0 Å². The first kappa shape index (κ1) is 13.3. The molecule has 6 heteroatoms. The van der Waals surface area contributed by atoms with Crippen molar-refractivity contribution < 1.29 is 4.92 Å². The number of nitro groups is 1. The minimum Gasteiger partial charge on any atom is -0.330 e. The fourth-order valence-electron chi connectivity index (χ4n) is 2.66. The fourth-order valence-corrected chi connectivity index (χ4v) is 3.05. The third-order valence-corrected chi connectivity index (χ3v) is 4.34. The van der Waals surface area contributed by atoms with Crippen LogP contribution in [-0.4, -0.2) is 14.5 Å². The zero-order chi connectivity index (χ0) is 14.1. The highest BCUT2D eigenvalue weighted by Crippen LogP contribution is 2.27. The number of hydrogen-bond acceptors (Lipinski definition) is 3. The van der Waals surface area contributed by atoms with E-state index >= 15 is 0 Å². The first-order valence-electron chi connectivity index (χ1n) is 6.61. The molecule has 0 unspecified atom stereocenters. The number of fused-ring (bicyclic) bond motifs is 1. The standard InChI is InChI=1S/C14H14BrN3O2/c15-11-6-5-10(7-14(11)18(19)20)8-17-9-16-12-3-1-2-4-13(12)17/h5-7,9H,1-4,8H2. The summed E-state index contributed by atoms with van der Waals surface area (Å²) in [5.41, 5.74) is 3.49. The third-order valence-electron chi connectivity index (χ3n) is 3.67. The molecule has 1 aromatic carbocycles. The number of hydrogen-bond donors (Lipinski definition) is 0. The van der Waals surface area contributed by atoms with Gasteiger partial charge in [-0.25, -0.2) is 4.98 Å². The predicted octanol–water partition coefficient (Wildman–Crippen LogP) is 3.48. The average molecular weight is 336 g/mol. The monoisotopic (exact) mass is 335 g/mol. The van der Waals surface area contributed by atoms with Crippen LogP contribution in [0, 0.1) is 10.1 Å². The van der Waals surface area contributed by atoms with E-state index in [0.29, 0.717) is 11.0 Å². The Bertz CT molecular complexity index is 666. The molecule has 1 aromatic heterocycles. The molecule has 20 heavy (non-hydrogen) atoms. The van der Waals surface area contributed by atoms with Crippen molar-refractivity contribution in [1.82, 2.24) is 9.55 Å². The lowest BCUT2D eigenvalue weighted by Gasteiger charge is -2.14. The second kappa shape index (κ2) is 5.36. The van der Waals surface area contributed by atoms with Crippen LogP contribution >= 0.6 is 15.9 Å². The lowest BCUT2D eigenvalue weighted by atomic mass is 10.0. The molecule has 0 N–H and O–H groups in total. The van der Waals surface area contributed by atoms with Crippen molar-refractivity contribution >= 4 is 21.6 Å². The molecule has 0 spiro atoms. The Kier molecular flexibility index (Phi) is 3.56. The summed E-state index contributed by atoms with van der Waals surface area (Å²) in [4.78, 5) is 15.0. The zero-order valence-electron chi connectivity index (χ0n) is 10.9. The van der Waals surface area contributed by atoms with Gasteiger partial charge in [0.15, 0.2) is 0 Å². The molecular formula is C14H14BrN3O2. The summed E-state index contributed by atoms with van der Waals surface area (Å²) in [6, 6.07) is 5.27. The van der Waals surface area contributed by atoms with E-state index < -0.39 is 0 Å². The van der Waals surface area contributed by atoms with Crippen molar-refractivity contribution in [3.05, 3.63) is 56.1 Å². The molecule has 0 aliphatic heterocycles. The van der Waals surface area contributed by atoms with Crippen LogP contribution < -0.4 is 0 Å². The Morgan fingerprint density at radius 2 is 2.15 bits per heavy atom. The zero-order valence-corrected chi connectivity index (χ0v) is 12.5. The van der Waals surface area contributed by atoms with Crippen LogP contribution in [-0.2, 0) is 19.4 Å². The molecule has 1 heterocycles. The second-order valence-corrected chi connectivity index (χ2v) is 5.87. The molecule has 0 fully saturated rings. The smallest absolute Gasteiger partial charge is 0.283 e. The van der Waals surface area contributed by atoms with Crippen molar-refractivity contribution in [3.8, 4) is 0 Å². The summed E-state index contributed by atoms with van der Waals surface area (Å²) in [6.45, 7) is 0.635. The molecule has 1 aliphatic rings. The quantitative estimate of drug-likeness (QED) is 0.637. The molecule has 5 nitrogen and oxygen atoms in total. The van der Waals surface area contributed by atoms with Gasteiger partial charge in [0.1, 0.15) is 0 Å². The maximum atomic E-state index is 11.0. The van der Waals surface area contributed by atoms with Crippen LogP contribution in [0.25, 0.3) is 0 Å². The largest absolute Gasteiger partial charge is 0.330 e. The van der Waals surface area contributed by atoms with Gasteiger partial charge in [-0.1, -0.05) is 6.07 Å². The van der Waals surface area contributed by atoms with Gasteiger partial charge in [-0.2, -0.15) is 0 Å². The summed E-state index contributed by atoms with van der Waals surface area (Å²) >= 11 is 3.21. The van der Waals surface area contributed by atoms with E-state index in [9.17, 15) is 10.1 Å². The lowest BCUT2D eigenvalue weighted by Crippen LogP contribution is -2.09. The summed E-state index contributed by atoms with van der Waals surface area (Å²) in [7, 11) is 0. The molecule has 0 radical (unpaired) electrons. The number of imidazole rings is 1.